The molecule has 0 aliphatic rings. The topological polar surface area (TPSA) is 9.34 Å². The highest BCUT2D eigenvalue weighted by Gasteiger charge is 2.19. The number of aromatic nitrogens is 2. The molecule has 38 heavy (non-hydrogen) atoms. The van der Waals surface area contributed by atoms with Gasteiger partial charge in [-0.05, 0) is 52.6 Å². The highest BCUT2D eigenvalue weighted by Crippen LogP contribution is 2.41. The molecule has 0 bridgehead atoms. The Bertz CT molecular complexity index is 2400. The molecule has 9 aromatic rings. The smallest absolute Gasteiger partial charge is 0.0635 e. The van der Waals surface area contributed by atoms with E-state index >= 15 is 0 Å². The maximum Gasteiger partial charge on any atom is 0.0635 e. The van der Waals surface area contributed by atoms with Crippen molar-refractivity contribution in [3.63, 3.8) is 0 Å². The first kappa shape index (κ1) is 20.0. The molecule has 3 heterocycles. The molecule has 0 spiro atoms. The van der Waals surface area contributed by atoms with Crippen molar-refractivity contribution in [1.29, 1.82) is 0 Å². The third-order valence-corrected chi connectivity index (χ3v) is 8.23. The first-order valence-electron chi connectivity index (χ1n) is 13.1. The van der Waals surface area contributed by atoms with E-state index in [0.717, 1.165) is 0 Å². The molecule has 9 rings (SSSR count). The molecular weight excluding hydrogens is 460 g/mol. The van der Waals surface area contributed by atoms with Crippen LogP contribution in [-0.2, 0) is 0 Å². The average molecular weight is 483 g/mol. The summed E-state index contributed by atoms with van der Waals surface area (Å²) in [4.78, 5) is 0. The number of rotatable bonds is 1. The predicted molar refractivity (Wildman–Crippen MR) is 162 cm³/mol. The summed E-state index contributed by atoms with van der Waals surface area (Å²) in [5.74, 6) is 0. The number of hydrogen-bond donors (Lipinski definition) is 0. The van der Waals surface area contributed by atoms with Gasteiger partial charge in [-0.1, -0.05) is 97.1 Å². The molecule has 0 aliphatic carbocycles. The average Bonchev–Trinajstić information content (AvgIpc) is 3.53. The molecule has 0 N–H and O–H groups in total. The van der Waals surface area contributed by atoms with Gasteiger partial charge in [0.2, 0.25) is 0 Å². The second kappa shape index (κ2) is 7.24. The molecule has 2 heteroatoms. The van der Waals surface area contributed by atoms with E-state index in [0.29, 0.717) is 0 Å². The van der Waals surface area contributed by atoms with Crippen molar-refractivity contribution in [3.8, 4) is 5.69 Å². The van der Waals surface area contributed by atoms with E-state index in [2.05, 4.69) is 142 Å². The van der Waals surface area contributed by atoms with Crippen molar-refractivity contribution in [2.45, 2.75) is 0 Å². The van der Waals surface area contributed by atoms with Crippen molar-refractivity contribution >= 4 is 70.7 Å². The zero-order valence-electron chi connectivity index (χ0n) is 20.6. The van der Waals surface area contributed by atoms with Crippen LogP contribution in [0, 0.1) is 0 Å². The minimum atomic E-state index is 1.19. The Morgan fingerprint density at radius 1 is 0.368 bits per heavy atom. The van der Waals surface area contributed by atoms with Gasteiger partial charge in [-0.3, -0.25) is 0 Å². The highest BCUT2D eigenvalue weighted by atomic mass is 15.0. The van der Waals surface area contributed by atoms with Crippen molar-refractivity contribution in [2.75, 3.05) is 0 Å². The summed E-state index contributed by atoms with van der Waals surface area (Å²) in [5.41, 5.74) is 7.41. The number of fused-ring (bicyclic) bond motifs is 13. The highest BCUT2D eigenvalue weighted by molar-refractivity contribution is 6.24. The van der Waals surface area contributed by atoms with Crippen molar-refractivity contribution < 1.29 is 0 Å². The van der Waals surface area contributed by atoms with Crippen LogP contribution in [0.15, 0.2) is 133 Å². The van der Waals surface area contributed by atoms with Gasteiger partial charge in [0.1, 0.15) is 0 Å². The van der Waals surface area contributed by atoms with Crippen molar-refractivity contribution in [1.82, 2.24) is 8.97 Å². The van der Waals surface area contributed by atoms with Crippen LogP contribution in [0.3, 0.4) is 0 Å². The van der Waals surface area contributed by atoms with E-state index in [9.17, 15) is 0 Å². The van der Waals surface area contributed by atoms with Crippen LogP contribution >= 0.6 is 0 Å². The standard InChI is InChI=1S/C36H22N2/c1-2-10-24-21-26(19-17-23(24)9-1)37-32-16-8-6-14-30(32)35-33(37)20-18-25-22-34-29-13-4-3-11-27(29)28-12-5-7-15-31(28)38(34)36(25)35/h1-22H. The Balaban J connectivity index is 1.53. The SMILES string of the molecule is c1ccc2cc(-n3c4ccccc4c4c3ccc3cc5c6ccccc6c6ccccc6n5c34)ccc2c1. The van der Waals surface area contributed by atoms with E-state index in [4.69, 9.17) is 0 Å². The first-order valence-corrected chi connectivity index (χ1v) is 13.1. The summed E-state index contributed by atoms with van der Waals surface area (Å²) in [6.45, 7) is 0. The summed E-state index contributed by atoms with van der Waals surface area (Å²) in [6.07, 6.45) is 0. The van der Waals surface area contributed by atoms with Crippen molar-refractivity contribution in [2.24, 2.45) is 0 Å². The van der Waals surface area contributed by atoms with Crippen LogP contribution in [0.4, 0.5) is 0 Å². The first-order chi connectivity index (χ1) is 18.9. The van der Waals surface area contributed by atoms with Gasteiger partial charge in [-0.15, -0.1) is 0 Å². The molecule has 0 unspecified atom stereocenters. The zero-order chi connectivity index (χ0) is 24.8. The summed E-state index contributed by atoms with van der Waals surface area (Å²) in [6, 6.07) is 48.8. The second-order valence-corrected chi connectivity index (χ2v) is 10.2. The Hall–Kier alpha value is -5.08. The fraction of sp³-hybridized carbons (Fsp3) is 0. The molecular formula is C36H22N2. The van der Waals surface area contributed by atoms with Gasteiger partial charge in [0.05, 0.1) is 27.6 Å². The maximum atomic E-state index is 2.49. The molecule has 176 valence electrons. The fourth-order valence-electron chi connectivity index (χ4n) is 6.63. The molecule has 0 amide bonds. The summed E-state index contributed by atoms with van der Waals surface area (Å²) in [5, 5.41) is 10.2. The van der Waals surface area contributed by atoms with Crippen LogP contribution in [0.2, 0.25) is 0 Å². The van der Waals surface area contributed by atoms with Gasteiger partial charge in [0.25, 0.3) is 0 Å². The number of nitrogens with zero attached hydrogens (tertiary/aromatic N) is 2. The summed E-state index contributed by atoms with van der Waals surface area (Å²) in [7, 11) is 0. The second-order valence-electron chi connectivity index (χ2n) is 10.2. The molecule has 0 fully saturated rings. The monoisotopic (exact) mass is 482 g/mol. The predicted octanol–water partition coefficient (Wildman–Crippen LogP) is 9.65. The normalized spacial score (nSPS) is 12.2. The summed E-state index contributed by atoms with van der Waals surface area (Å²) < 4.78 is 4.92. The van der Waals surface area contributed by atoms with Crippen LogP contribution in [0.5, 0.6) is 0 Å². The number of pyridine rings is 1. The lowest BCUT2D eigenvalue weighted by Gasteiger charge is -2.11. The van der Waals surface area contributed by atoms with Crippen LogP contribution in [-0.4, -0.2) is 8.97 Å². The third kappa shape index (κ3) is 2.51. The lowest BCUT2D eigenvalue weighted by molar-refractivity contribution is 1.19. The van der Waals surface area contributed by atoms with Gasteiger partial charge in [0.15, 0.2) is 0 Å². The van der Waals surface area contributed by atoms with Gasteiger partial charge in [-0.25, -0.2) is 0 Å². The molecule has 0 saturated carbocycles. The lowest BCUT2D eigenvalue weighted by atomic mass is 10.1. The Morgan fingerprint density at radius 2 is 1.00 bits per heavy atom. The zero-order valence-corrected chi connectivity index (χ0v) is 20.6. The number of hydrogen-bond acceptors (Lipinski definition) is 0. The Morgan fingerprint density at radius 3 is 1.84 bits per heavy atom. The molecule has 3 aromatic heterocycles. The number of benzene rings is 6. The molecule has 2 nitrogen and oxygen atoms in total. The van der Waals surface area contributed by atoms with Crippen LogP contribution < -0.4 is 0 Å². The quantitative estimate of drug-likeness (QED) is 0.206. The summed E-state index contributed by atoms with van der Waals surface area (Å²) >= 11 is 0. The van der Waals surface area contributed by atoms with E-state index in [-0.39, 0.29) is 0 Å². The third-order valence-electron chi connectivity index (χ3n) is 8.23. The van der Waals surface area contributed by atoms with Gasteiger partial charge in [-0.2, -0.15) is 0 Å². The van der Waals surface area contributed by atoms with E-state index in [1.807, 2.05) is 0 Å². The van der Waals surface area contributed by atoms with E-state index < -0.39 is 0 Å². The lowest BCUT2D eigenvalue weighted by Crippen LogP contribution is -1.94. The van der Waals surface area contributed by atoms with E-state index in [1.165, 1.54) is 76.4 Å². The van der Waals surface area contributed by atoms with Gasteiger partial charge < -0.3 is 8.97 Å². The van der Waals surface area contributed by atoms with Gasteiger partial charge >= 0.3 is 0 Å². The van der Waals surface area contributed by atoms with Crippen LogP contribution in [0.1, 0.15) is 0 Å². The minimum Gasteiger partial charge on any atom is -0.309 e. The Kier molecular flexibility index (Phi) is 3.82. The molecule has 0 radical (unpaired) electrons. The maximum absolute atomic E-state index is 2.49. The minimum absolute atomic E-state index is 1.19. The Labute approximate surface area is 218 Å². The molecule has 6 aromatic carbocycles. The number of para-hydroxylation sites is 2. The largest absolute Gasteiger partial charge is 0.309 e. The molecule has 0 atom stereocenters. The van der Waals surface area contributed by atoms with Gasteiger partial charge in [0, 0.05) is 32.6 Å². The molecule has 0 aliphatic heterocycles. The van der Waals surface area contributed by atoms with Crippen molar-refractivity contribution in [3.05, 3.63) is 133 Å². The molecule has 0 saturated heterocycles. The van der Waals surface area contributed by atoms with Crippen LogP contribution in [0.25, 0.3) is 76.4 Å². The van der Waals surface area contributed by atoms with E-state index in [1.54, 1.807) is 0 Å². The fourth-order valence-corrected chi connectivity index (χ4v) is 6.63.